The molecule has 28 nitrogen and oxygen atoms in total. The molecule has 4 saturated heterocycles. The Balaban J connectivity index is 0.00000203. The number of likely N-dealkylation sites (N-methyl/N-ethyl adjacent to an activating group) is 2. The van der Waals surface area contributed by atoms with Gasteiger partial charge in [-0.2, -0.15) is 8.42 Å². The highest BCUT2D eigenvalue weighted by Crippen LogP contribution is 2.71. The maximum atomic E-state index is 15.8. The van der Waals surface area contributed by atoms with Gasteiger partial charge < -0.3 is 80.0 Å². The molecule has 121 heavy (non-hydrogen) atoms. The van der Waals surface area contributed by atoms with Crippen LogP contribution in [0.4, 0.5) is 11.4 Å². The van der Waals surface area contributed by atoms with Gasteiger partial charge in [0.2, 0.25) is 0 Å². The van der Waals surface area contributed by atoms with Crippen LogP contribution in [0.15, 0.2) is 97.1 Å². The predicted octanol–water partition coefficient (Wildman–Crippen LogP) is 6.47. The highest BCUT2D eigenvalue weighted by Gasteiger charge is 2.81. The zero-order valence-electron chi connectivity index (χ0n) is 70.8. The Labute approximate surface area is 714 Å². The second kappa shape index (κ2) is 31.1. The van der Waals surface area contributed by atoms with Crippen LogP contribution in [-0.2, 0) is 73.6 Å². The Morgan fingerprint density at radius 1 is 0.537 bits per heavy atom. The number of aromatic nitrogens is 2. The summed E-state index contributed by atoms with van der Waals surface area (Å²) in [7, 11) is 8.14. The number of para-hydroxylation sites is 2. The molecule has 2 unspecified atom stereocenters. The molecule has 10 aliphatic heterocycles. The van der Waals surface area contributed by atoms with Crippen molar-refractivity contribution in [1.29, 1.82) is 0 Å². The van der Waals surface area contributed by atoms with E-state index in [1.807, 2.05) is 112 Å². The SMILES string of the molecule is CC[C@]1(O)C[C@H]2CN(CCc3c([nH]c4ccccc34)[C@@](C(=O)OC)(c3cc4c(cc3OC)N(C)[C@H]3[C@@](O)(C(=O)NCCSSCCNC(=O)[C@@]5(O)[C@H](O)[C@]6(CC)C=CCN7CC[C@@]8(c9cc([C@@]%10(C(=O)OC)C[C@@H]%11CN(CCc%12c%10[nH]c%10ccccc%12%10)C[C@](O)(CC)C%11)c(OC)cc9N(C)[C@@H]58)[C@@H]76)[C@H](O)[C@]5(CC)C=CCN6CC[C@]43[C@@H]65)C2)C1.O=S(=O)(O)O. The summed E-state index contributed by atoms with van der Waals surface area (Å²) in [6.45, 7) is 14.5. The van der Waals surface area contributed by atoms with Crippen LogP contribution in [0.5, 0.6) is 11.5 Å². The van der Waals surface area contributed by atoms with Crippen LogP contribution in [0.25, 0.3) is 21.8 Å². The molecule has 4 aromatic carbocycles. The number of hydrogen-bond donors (Lipinski definition) is 12. The van der Waals surface area contributed by atoms with Crippen LogP contribution in [0.3, 0.4) is 0 Å². The van der Waals surface area contributed by atoms with Crippen molar-refractivity contribution >= 4 is 88.9 Å². The number of aromatic amines is 2. The van der Waals surface area contributed by atoms with Gasteiger partial charge in [0.15, 0.2) is 11.2 Å². The lowest BCUT2D eigenvalue weighted by Gasteiger charge is -2.63. The normalized spacial score (nSPS) is 36.6. The van der Waals surface area contributed by atoms with Crippen molar-refractivity contribution in [1.82, 2.24) is 40.2 Å². The fourth-order valence-corrected chi connectivity index (χ4v) is 28.7. The van der Waals surface area contributed by atoms with E-state index >= 15 is 19.2 Å². The first kappa shape index (κ1) is 85.8. The lowest BCUT2D eigenvalue weighted by molar-refractivity contribution is -0.203. The summed E-state index contributed by atoms with van der Waals surface area (Å²) in [5.74, 6) is -1.05. The zero-order valence-corrected chi connectivity index (χ0v) is 73.3. The van der Waals surface area contributed by atoms with Gasteiger partial charge in [-0.3, -0.25) is 47.9 Å². The summed E-state index contributed by atoms with van der Waals surface area (Å²) in [5, 5.41) is 87.6. The average Bonchev–Trinajstić information content (AvgIpc) is 1.49. The van der Waals surface area contributed by atoms with E-state index in [2.05, 4.69) is 76.6 Å². The highest BCUT2D eigenvalue weighted by atomic mass is 33.1. The predicted molar refractivity (Wildman–Crippen MR) is 463 cm³/mol. The molecule has 2 aliphatic carbocycles. The summed E-state index contributed by atoms with van der Waals surface area (Å²) in [6, 6.07) is 21.7. The number of carbonyl (C=O) groups excluding carboxylic acids is 4. The molecule has 31 heteroatoms. The highest BCUT2D eigenvalue weighted by molar-refractivity contribution is 8.76. The second-order valence-corrected chi connectivity index (χ2v) is 40.5. The van der Waals surface area contributed by atoms with E-state index in [9.17, 15) is 30.6 Å². The van der Waals surface area contributed by atoms with E-state index < -0.39 is 113 Å². The Hall–Kier alpha value is -7.31. The number of esters is 2. The number of fused-ring (bicyclic) bond motifs is 12. The molecule has 12 heterocycles. The number of hydrogen-bond acceptors (Lipinski definition) is 24. The third-order valence-electron chi connectivity index (χ3n) is 31.4. The topological polar surface area (TPSA) is 376 Å². The summed E-state index contributed by atoms with van der Waals surface area (Å²) >= 11 is 0. The van der Waals surface area contributed by atoms with E-state index in [1.165, 1.54) is 35.8 Å². The number of rotatable bonds is 19. The van der Waals surface area contributed by atoms with Crippen LogP contribution < -0.4 is 29.9 Å². The van der Waals surface area contributed by atoms with Crippen LogP contribution in [0, 0.1) is 22.7 Å². The Kier molecular flexibility index (Phi) is 22.0. The molecule has 6 fully saturated rings. The van der Waals surface area contributed by atoms with E-state index in [0.717, 1.165) is 66.8 Å². The molecular weight excluding hydrogens is 1610 g/mol. The molecule has 2 spiro atoms. The van der Waals surface area contributed by atoms with E-state index in [-0.39, 0.29) is 49.9 Å². The number of aliphatic hydroxyl groups is 6. The molecule has 2 amide bonds. The summed E-state index contributed by atoms with van der Waals surface area (Å²) in [4.78, 5) is 84.1. The van der Waals surface area contributed by atoms with Crippen molar-refractivity contribution in [2.24, 2.45) is 22.7 Å². The van der Waals surface area contributed by atoms with Crippen molar-refractivity contribution in [3.63, 3.8) is 0 Å². The Bertz CT molecular complexity index is 4970. The number of aliphatic hydroxyl groups excluding tert-OH is 2. The van der Waals surface area contributed by atoms with Gasteiger partial charge in [0.25, 0.3) is 11.8 Å². The number of piperidine rings is 2. The molecule has 654 valence electrons. The van der Waals surface area contributed by atoms with Crippen molar-refractivity contribution in [2.75, 3.05) is 142 Å². The lowest BCUT2D eigenvalue weighted by Crippen LogP contribution is -2.81. The third-order valence-corrected chi connectivity index (χ3v) is 33.8. The Morgan fingerprint density at radius 3 is 1.29 bits per heavy atom. The number of H-pyrrole nitrogens is 2. The van der Waals surface area contributed by atoms with Gasteiger partial charge >= 0.3 is 22.3 Å². The number of nitrogens with one attached hydrogen (secondary N) is 4. The molecule has 12 N–H and O–H groups in total. The van der Waals surface area contributed by atoms with Crippen molar-refractivity contribution in [3.8, 4) is 11.5 Å². The van der Waals surface area contributed by atoms with Gasteiger partial charge in [0.05, 0.1) is 51.7 Å². The minimum absolute atomic E-state index is 0.113. The van der Waals surface area contributed by atoms with Gasteiger partial charge in [-0.1, -0.05) is 110 Å². The minimum Gasteiger partial charge on any atom is -0.496 e. The van der Waals surface area contributed by atoms with Crippen LogP contribution in [0.2, 0.25) is 0 Å². The maximum absolute atomic E-state index is 15.8. The fraction of sp³-hybridized carbons (Fsp3) is 0.600. The molecule has 20 atom stereocenters. The molecule has 2 saturated carbocycles. The lowest BCUT2D eigenvalue weighted by atomic mass is 9.47. The molecule has 0 radical (unpaired) electrons. The molecular formula is C90H118N10O18S3. The summed E-state index contributed by atoms with van der Waals surface area (Å²) in [6.07, 6.45) is 10.7. The van der Waals surface area contributed by atoms with E-state index in [0.29, 0.717) is 164 Å². The maximum Gasteiger partial charge on any atom is 0.394 e. The van der Waals surface area contributed by atoms with Gasteiger partial charge in [-0.15, -0.1) is 0 Å². The molecule has 18 rings (SSSR count). The third kappa shape index (κ3) is 12.5. The standard InChI is InChI=1S/C90H116N10O14S2.H2O4S/c1-11-81(107)45-53-47-87(79(105)113-9,69-57(25-35-97(49-53)51-81)55-21-15-17-23-63(55)93-69)61-41-59-65(43-67(61)111-7)95(5)73-85(59)29-37-99-33-19-27-83(13-3,71(85)99)75(101)89(73,109)77(103)91-31-39-115-116-40-32-92-78(104)90(110)74-86(30-38-100-34-20-28-84(14-4,72(86)100)76(90)102)60-42-62(68(112-8)44-66(60)96(74)6)88(80(106)114-10)48-54-46-82(108,12-2)52-98(50-54)36-26-58-56-22-16-18-24-64(56)94-70(58)88;1-5(2,3)4/h15-24,27-28,41-44,53-54,71-76,93-94,101-102,107-110H,11-14,25-26,29-40,45-52H2,1-10H3,(H,91,103)(H,92,104);(H2,1,2,3,4)/t53-,54-,71+,72+,73-,74-,75-,76-,81+,82+,83-,84-,85-,86-,87+,88+,89+,90+;/m1./s1. The van der Waals surface area contributed by atoms with Gasteiger partial charge in [0.1, 0.15) is 34.5 Å². The number of amides is 2. The zero-order chi connectivity index (χ0) is 85.9. The minimum atomic E-state index is -4.67. The molecule has 6 aromatic rings. The second-order valence-electron chi connectivity index (χ2n) is 36.9. The smallest absolute Gasteiger partial charge is 0.394 e. The first-order valence-electron chi connectivity index (χ1n) is 43.1. The Morgan fingerprint density at radius 2 is 0.926 bits per heavy atom. The monoisotopic (exact) mass is 1720 g/mol. The summed E-state index contributed by atoms with van der Waals surface area (Å²) < 4.78 is 56.8. The van der Waals surface area contributed by atoms with Gasteiger partial charge in [-0.25, -0.2) is 0 Å². The first-order chi connectivity index (χ1) is 57.7. The van der Waals surface area contributed by atoms with Crippen molar-refractivity contribution in [3.05, 3.63) is 142 Å². The number of carbonyl (C=O) groups is 4. The number of benzene rings is 4. The first-order valence-corrected chi connectivity index (χ1v) is 47.0. The van der Waals surface area contributed by atoms with Crippen LogP contribution in [0.1, 0.15) is 137 Å². The van der Waals surface area contributed by atoms with E-state index in [1.54, 1.807) is 14.2 Å². The quantitative estimate of drug-likeness (QED) is 0.0136. The largest absolute Gasteiger partial charge is 0.496 e. The number of ether oxygens (including phenoxy) is 4. The molecule has 2 aromatic heterocycles. The van der Waals surface area contributed by atoms with E-state index in [4.69, 9.17) is 36.5 Å². The molecule has 4 bridgehead atoms. The summed E-state index contributed by atoms with van der Waals surface area (Å²) in [5.41, 5.74) is -4.44. The van der Waals surface area contributed by atoms with Crippen LogP contribution in [-0.4, -0.2) is 293 Å². The number of anilines is 2. The average molecular weight is 1720 g/mol. The molecule has 12 aliphatic rings. The van der Waals surface area contributed by atoms with Crippen molar-refractivity contribution < 1.29 is 86.3 Å². The fourth-order valence-electron chi connectivity index (χ4n) is 26.9. The van der Waals surface area contributed by atoms with Crippen LogP contribution >= 0.6 is 21.6 Å². The van der Waals surface area contributed by atoms with Crippen molar-refractivity contribution in [2.45, 2.75) is 185 Å². The number of methoxy groups -OCH3 is 4. The van der Waals surface area contributed by atoms with Gasteiger partial charge in [-0.05, 0) is 148 Å². The van der Waals surface area contributed by atoms with Gasteiger partial charge in [0, 0.05) is 193 Å². The number of nitrogens with zero attached hydrogens (tertiary/aromatic N) is 6.